The molecule has 2 fully saturated rings. The highest BCUT2D eigenvalue weighted by Crippen LogP contribution is 2.40. The maximum Gasteiger partial charge on any atom is 0.274 e. The lowest BCUT2D eigenvalue weighted by Crippen LogP contribution is -2.49. The van der Waals surface area contributed by atoms with Crippen molar-refractivity contribution >= 4 is 28.8 Å². The molecule has 8 heteroatoms. The molecular formula is C26H29N5O2S. The summed E-state index contributed by atoms with van der Waals surface area (Å²) in [4.78, 5) is 30.9. The zero-order valence-electron chi connectivity index (χ0n) is 19.4. The molecule has 0 atom stereocenters. The lowest BCUT2D eigenvalue weighted by Gasteiger charge is -2.34. The van der Waals surface area contributed by atoms with E-state index in [1.807, 2.05) is 33.8 Å². The zero-order chi connectivity index (χ0) is 23.2. The number of anilines is 1. The van der Waals surface area contributed by atoms with Crippen LogP contribution in [0, 0.1) is 5.92 Å². The standard InChI is InChI=1S/C26H29N5O2S/c1-17(32)27-19-4-6-20(7-5-19)31-25-21-10-15-34-23(21)9-8-22(25)24(28-31)26(33)30-13-11-29(12-14-30)16-18-2-3-18/h4-7,10,15,18H,2-3,8-9,11-14,16H2,1H3,(H,27,32). The second-order valence-corrected chi connectivity index (χ2v) is 10.6. The third-order valence-electron chi connectivity index (χ3n) is 7.09. The molecule has 1 aromatic carbocycles. The highest BCUT2D eigenvalue weighted by molar-refractivity contribution is 7.10. The van der Waals surface area contributed by atoms with Crippen LogP contribution >= 0.6 is 11.3 Å². The summed E-state index contributed by atoms with van der Waals surface area (Å²) in [6, 6.07) is 9.80. The number of carbonyl (C=O) groups excluding carboxylic acids is 2. The molecule has 2 aromatic heterocycles. The number of thiophene rings is 1. The summed E-state index contributed by atoms with van der Waals surface area (Å²) in [5, 5.41) is 9.85. The van der Waals surface area contributed by atoms with Crippen molar-refractivity contribution in [2.45, 2.75) is 32.6 Å². The first-order chi connectivity index (χ1) is 16.6. The van der Waals surface area contributed by atoms with Crippen LogP contribution in [0.1, 0.15) is 40.7 Å². The second-order valence-electron chi connectivity index (χ2n) is 9.61. The van der Waals surface area contributed by atoms with Gasteiger partial charge in [0.1, 0.15) is 0 Å². The summed E-state index contributed by atoms with van der Waals surface area (Å²) in [5.74, 6) is 0.827. The Balaban J connectivity index is 1.32. The van der Waals surface area contributed by atoms with Gasteiger partial charge in [-0.05, 0) is 67.3 Å². The summed E-state index contributed by atoms with van der Waals surface area (Å²) in [6.07, 6.45) is 4.50. The molecule has 34 heavy (non-hydrogen) atoms. The van der Waals surface area contributed by atoms with Crippen molar-refractivity contribution < 1.29 is 9.59 Å². The number of fused-ring (bicyclic) bond motifs is 3. The minimum absolute atomic E-state index is 0.0506. The van der Waals surface area contributed by atoms with Crippen LogP contribution in [0.2, 0.25) is 0 Å². The smallest absolute Gasteiger partial charge is 0.274 e. The fourth-order valence-electron chi connectivity index (χ4n) is 5.14. The van der Waals surface area contributed by atoms with E-state index >= 15 is 0 Å². The number of benzene rings is 1. The third-order valence-corrected chi connectivity index (χ3v) is 8.07. The molecule has 7 nitrogen and oxygen atoms in total. The van der Waals surface area contributed by atoms with Crippen LogP contribution in [0.15, 0.2) is 35.7 Å². The van der Waals surface area contributed by atoms with Gasteiger partial charge in [0, 0.05) is 61.3 Å². The fraction of sp³-hybridized carbons (Fsp3) is 0.423. The maximum atomic E-state index is 13.7. The summed E-state index contributed by atoms with van der Waals surface area (Å²) >= 11 is 1.77. The molecule has 1 N–H and O–H groups in total. The van der Waals surface area contributed by atoms with Crippen LogP contribution in [0.5, 0.6) is 0 Å². The van der Waals surface area contributed by atoms with Crippen LogP contribution in [-0.4, -0.2) is 64.1 Å². The number of aromatic nitrogens is 2. The number of piperazine rings is 1. The summed E-state index contributed by atoms with van der Waals surface area (Å²) in [7, 11) is 0. The van der Waals surface area contributed by atoms with Crippen LogP contribution in [0.25, 0.3) is 16.9 Å². The first-order valence-electron chi connectivity index (χ1n) is 12.1. The van der Waals surface area contributed by atoms with Crippen molar-refractivity contribution in [1.29, 1.82) is 0 Å². The summed E-state index contributed by atoms with van der Waals surface area (Å²) in [5.41, 5.74) is 5.49. The molecule has 2 aliphatic carbocycles. The van der Waals surface area contributed by atoms with Gasteiger partial charge in [-0.3, -0.25) is 14.5 Å². The van der Waals surface area contributed by atoms with Crippen LogP contribution < -0.4 is 5.32 Å². The van der Waals surface area contributed by atoms with Gasteiger partial charge in [0.15, 0.2) is 5.69 Å². The topological polar surface area (TPSA) is 70.5 Å². The van der Waals surface area contributed by atoms with Gasteiger partial charge in [-0.1, -0.05) is 0 Å². The maximum absolute atomic E-state index is 13.7. The number of carbonyl (C=O) groups is 2. The van der Waals surface area contributed by atoms with E-state index in [0.717, 1.165) is 67.6 Å². The largest absolute Gasteiger partial charge is 0.335 e. The Hall–Kier alpha value is -2.97. The van der Waals surface area contributed by atoms with E-state index in [9.17, 15) is 9.59 Å². The first kappa shape index (κ1) is 21.6. The molecule has 1 saturated carbocycles. The van der Waals surface area contributed by atoms with Gasteiger partial charge in [-0.2, -0.15) is 5.10 Å². The number of amides is 2. The Labute approximate surface area is 203 Å². The Morgan fingerprint density at radius 2 is 1.82 bits per heavy atom. The van der Waals surface area contributed by atoms with Gasteiger partial charge in [-0.15, -0.1) is 11.3 Å². The fourth-order valence-corrected chi connectivity index (χ4v) is 6.02. The molecule has 0 unspecified atom stereocenters. The molecule has 0 radical (unpaired) electrons. The molecule has 3 heterocycles. The van der Waals surface area contributed by atoms with Crippen molar-refractivity contribution in [1.82, 2.24) is 19.6 Å². The van der Waals surface area contributed by atoms with E-state index in [2.05, 4.69) is 21.7 Å². The molecule has 0 bridgehead atoms. The number of rotatable bonds is 5. The van der Waals surface area contributed by atoms with E-state index in [1.165, 1.54) is 36.8 Å². The summed E-state index contributed by atoms with van der Waals surface area (Å²) < 4.78 is 1.92. The number of aryl methyl sites for hydroxylation is 1. The molecule has 1 saturated heterocycles. The highest BCUT2D eigenvalue weighted by atomic mass is 32.1. The predicted molar refractivity (Wildman–Crippen MR) is 134 cm³/mol. The quantitative estimate of drug-likeness (QED) is 0.609. The van der Waals surface area contributed by atoms with E-state index in [0.29, 0.717) is 5.69 Å². The number of nitrogens with zero attached hydrogens (tertiary/aromatic N) is 4. The lowest BCUT2D eigenvalue weighted by atomic mass is 9.94. The Bertz CT molecular complexity index is 1230. The third kappa shape index (κ3) is 4.05. The van der Waals surface area contributed by atoms with Gasteiger partial charge in [-0.25, -0.2) is 4.68 Å². The monoisotopic (exact) mass is 475 g/mol. The number of nitrogens with one attached hydrogen (secondary N) is 1. The Kier molecular flexibility index (Phi) is 5.50. The molecule has 2 amide bonds. The average Bonchev–Trinajstić information content (AvgIpc) is 3.37. The van der Waals surface area contributed by atoms with Gasteiger partial charge in [0.05, 0.1) is 11.4 Å². The highest BCUT2D eigenvalue weighted by Gasteiger charge is 2.33. The van der Waals surface area contributed by atoms with Gasteiger partial charge >= 0.3 is 0 Å². The second kappa shape index (κ2) is 8.67. The number of hydrogen-bond acceptors (Lipinski definition) is 5. The van der Waals surface area contributed by atoms with Crippen molar-refractivity contribution in [3.63, 3.8) is 0 Å². The molecule has 0 spiro atoms. The SMILES string of the molecule is CC(=O)Nc1ccc(-n2nc(C(=O)N3CCN(CC4CC4)CC3)c3c2-c2ccsc2CC3)cc1. The minimum atomic E-state index is -0.0998. The molecule has 3 aromatic rings. The molecule has 3 aliphatic rings. The Morgan fingerprint density at radius 1 is 1.06 bits per heavy atom. The van der Waals surface area contributed by atoms with Gasteiger partial charge in [0.2, 0.25) is 5.91 Å². The van der Waals surface area contributed by atoms with E-state index in [-0.39, 0.29) is 11.8 Å². The molecule has 176 valence electrons. The van der Waals surface area contributed by atoms with E-state index in [1.54, 1.807) is 11.3 Å². The molecule has 6 rings (SSSR count). The zero-order valence-corrected chi connectivity index (χ0v) is 20.2. The van der Waals surface area contributed by atoms with Crippen molar-refractivity contribution in [3.8, 4) is 16.9 Å². The summed E-state index contributed by atoms with van der Waals surface area (Å²) in [6.45, 7) is 6.11. The van der Waals surface area contributed by atoms with E-state index < -0.39 is 0 Å². The van der Waals surface area contributed by atoms with Crippen LogP contribution in [-0.2, 0) is 17.6 Å². The van der Waals surface area contributed by atoms with Gasteiger partial charge in [0.25, 0.3) is 5.91 Å². The van der Waals surface area contributed by atoms with Crippen LogP contribution in [0.4, 0.5) is 5.69 Å². The van der Waals surface area contributed by atoms with Gasteiger partial charge < -0.3 is 10.2 Å². The predicted octanol–water partition coefficient (Wildman–Crippen LogP) is 3.83. The number of hydrogen-bond donors (Lipinski definition) is 1. The molecular weight excluding hydrogens is 446 g/mol. The Morgan fingerprint density at radius 3 is 2.53 bits per heavy atom. The molecule has 1 aliphatic heterocycles. The minimum Gasteiger partial charge on any atom is -0.335 e. The van der Waals surface area contributed by atoms with Crippen molar-refractivity contribution in [2.75, 3.05) is 38.0 Å². The normalized spacial score (nSPS) is 17.9. The lowest BCUT2D eigenvalue weighted by molar-refractivity contribution is -0.114. The average molecular weight is 476 g/mol. The van der Waals surface area contributed by atoms with Crippen molar-refractivity contribution in [3.05, 3.63) is 51.8 Å². The van der Waals surface area contributed by atoms with Crippen LogP contribution in [0.3, 0.4) is 0 Å². The van der Waals surface area contributed by atoms with E-state index in [4.69, 9.17) is 5.10 Å². The first-order valence-corrected chi connectivity index (χ1v) is 13.0. The van der Waals surface area contributed by atoms with Crippen molar-refractivity contribution in [2.24, 2.45) is 5.92 Å².